The highest BCUT2D eigenvalue weighted by Gasteiger charge is 2.12. The normalized spacial score (nSPS) is 11.2. The maximum atomic E-state index is 11.6. The third-order valence-electron chi connectivity index (χ3n) is 2.62. The molecule has 2 rings (SSSR count). The van der Waals surface area contributed by atoms with E-state index in [4.69, 9.17) is 17.3 Å². The number of anilines is 1. The standard InChI is InChI=1S/C12H15ClN4OS/c1-7(2)17-11(18)15-16-12(17)19-6-8-5-9(14)3-4-10(8)13/h3-5,7H,6,14H2,1-2H3,(H,15,18). The van der Waals surface area contributed by atoms with E-state index in [0.29, 0.717) is 21.6 Å². The zero-order valence-corrected chi connectivity index (χ0v) is 12.3. The lowest BCUT2D eigenvalue weighted by atomic mass is 10.2. The summed E-state index contributed by atoms with van der Waals surface area (Å²) in [4.78, 5) is 11.6. The number of thioether (sulfide) groups is 1. The SMILES string of the molecule is CC(C)n1c(SCc2cc(N)ccc2Cl)n[nH]c1=O. The molecular formula is C12H15ClN4OS. The van der Waals surface area contributed by atoms with E-state index in [2.05, 4.69) is 10.2 Å². The number of H-pyrrole nitrogens is 1. The van der Waals surface area contributed by atoms with Crippen LogP contribution in [0.3, 0.4) is 0 Å². The van der Waals surface area contributed by atoms with Crippen LogP contribution in [0.1, 0.15) is 25.5 Å². The number of rotatable bonds is 4. The molecule has 1 aromatic heterocycles. The Bertz CT molecular complexity index is 635. The van der Waals surface area contributed by atoms with Crippen molar-refractivity contribution in [2.75, 3.05) is 5.73 Å². The average Bonchev–Trinajstić information content (AvgIpc) is 2.72. The number of aromatic amines is 1. The highest BCUT2D eigenvalue weighted by atomic mass is 35.5. The molecule has 0 atom stereocenters. The summed E-state index contributed by atoms with van der Waals surface area (Å²) in [6, 6.07) is 5.42. The highest BCUT2D eigenvalue weighted by Crippen LogP contribution is 2.27. The first-order valence-corrected chi connectivity index (χ1v) is 7.19. The molecule has 1 heterocycles. The van der Waals surface area contributed by atoms with Gasteiger partial charge in [-0.1, -0.05) is 23.4 Å². The minimum absolute atomic E-state index is 0.0602. The maximum absolute atomic E-state index is 11.6. The molecule has 0 aliphatic carbocycles. The van der Waals surface area contributed by atoms with E-state index in [1.807, 2.05) is 19.9 Å². The fraction of sp³-hybridized carbons (Fsp3) is 0.333. The predicted molar refractivity (Wildman–Crippen MR) is 78.7 cm³/mol. The average molecular weight is 299 g/mol. The van der Waals surface area contributed by atoms with Gasteiger partial charge >= 0.3 is 5.69 Å². The van der Waals surface area contributed by atoms with Gasteiger partial charge in [0.25, 0.3) is 0 Å². The summed E-state index contributed by atoms with van der Waals surface area (Å²) in [5.41, 5.74) is 7.13. The van der Waals surface area contributed by atoms with Crippen LogP contribution in [0.15, 0.2) is 28.2 Å². The molecule has 19 heavy (non-hydrogen) atoms. The molecule has 0 radical (unpaired) electrons. The number of benzene rings is 1. The van der Waals surface area contributed by atoms with Crippen LogP contribution in [0, 0.1) is 0 Å². The second-order valence-electron chi connectivity index (χ2n) is 4.41. The molecule has 0 saturated carbocycles. The maximum Gasteiger partial charge on any atom is 0.344 e. The zero-order chi connectivity index (χ0) is 14.0. The van der Waals surface area contributed by atoms with Crippen molar-refractivity contribution in [3.8, 4) is 0 Å². The largest absolute Gasteiger partial charge is 0.399 e. The molecule has 5 nitrogen and oxygen atoms in total. The quantitative estimate of drug-likeness (QED) is 0.672. The van der Waals surface area contributed by atoms with Gasteiger partial charge in [0.1, 0.15) is 0 Å². The van der Waals surface area contributed by atoms with Crippen molar-refractivity contribution >= 4 is 29.1 Å². The minimum Gasteiger partial charge on any atom is -0.399 e. The minimum atomic E-state index is -0.198. The lowest BCUT2D eigenvalue weighted by Gasteiger charge is -2.09. The lowest BCUT2D eigenvalue weighted by Crippen LogP contribution is -2.19. The smallest absolute Gasteiger partial charge is 0.344 e. The monoisotopic (exact) mass is 298 g/mol. The Kier molecular flexibility index (Phi) is 4.21. The Morgan fingerprint density at radius 1 is 1.53 bits per heavy atom. The number of nitrogens with one attached hydrogen (secondary N) is 1. The van der Waals surface area contributed by atoms with Crippen molar-refractivity contribution in [2.45, 2.75) is 30.8 Å². The highest BCUT2D eigenvalue weighted by molar-refractivity contribution is 7.98. The number of nitrogens with zero attached hydrogens (tertiary/aromatic N) is 2. The van der Waals surface area contributed by atoms with Crippen molar-refractivity contribution in [3.63, 3.8) is 0 Å². The zero-order valence-electron chi connectivity index (χ0n) is 10.7. The van der Waals surface area contributed by atoms with Gasteiger partial charge < -0.3 is 5.73 Å². The Balaban J connectivity index is 2.19. The van der Waals surface area contributed by atoms with Crippen LogP contribution in [-0.2, 0) is 5.75 Å². The Morgan fingerprint density at radius 3 is 2.95 bits per heavy atom. The topological polar surface area (TPSA) is 76.7 Å². The number of hydrogen-bond donors (Lipinski definition) is 2. The second-order valence-corrected chi connectivity index (χ2v) is 5.76. The molecule has 0 saturated heterocycles. The molecule has 102 valence electrons. The van der Waals surface area contributed by atoms with E-state index in [0.717, 1.165) is 5.56 Å². The number of nitrogens with two attached hydrogens (primary N) is 1. The Morgan fingerprint density at radius 2 is 2.26 bits per heavy atom. The molecule has 0 amide bonds. The number of halogens is 1. The number of hydrogen-bond acceptors (Lipinski definition) is 4. The van der Waals surface area contributed by atoms with E-state index in [9.17, 15) is 4.79 Å². The van der Waals surface area contributed by atoms with E-state index >= 15 is 0 Å². The summed E-state index contributed by atoms with van der Waals surface area (Å²) in [6.07, 6.45) is 0. The third-order valence-corrected chi connectivity index (χ3v) is 3.99. The van der Waals surface area contributed by atoms with Crippen LogP contribution in [0.25, 0.3) is 0 Å². The molecule has 0 aliphatic heterocycles. The van der Waals surface area contributed by atoms with Crippen LogP contribution in [-0.4, -0.2) is 14.8 Å². The first-order valence-electron chi connectivity index (χ1n) is 5.82. The van der Waals surface area contributed by atoms with Gasteiger partial charge in [-0.3, -0.25) is 4.57 Å². The van der Waals surface area contributed by atoms with E-state index in [1.165, 1.54) is 11.8 Å². The van der Waals surface area contributed by atoms with Crippen LogP contribution in [0.5, 0.6) is 0 Å². The van der Waals surface area contributed by atoms with Crippen molar-refractivity contribution in [1.29, 1.82) is 0 Å². The Labute approximate surface area is 120 Å². The molecule has 0 bridgehead atoms. The third kappa shape index (κ3) is 3.13. The summed E-state index contributed by atoms with van der Waals surface area (Å²) >= 11 is 7.56. The van der Waals surface area contributed by atoms with Gasteiger partial charge in [-0.15, -0.1) is 5.10 Å². The van der Waals surface area contributed by atoms with Gasteiger partial charge in [0.2, 0.25) is 0 Å². The molecule has 1 aromatic carbocycles. The van der Waals surface area contributed by atoms with Crippen LogP contribution in [0.4, 0.5) is 5.69 Å². The van der Waals surface area contributed by atoms with Gasteiger partial charge in [0, 0.05) is 22.5 Å². The summed E-state index contributed by atoms with van der Waals surface area (Å²) in [6.45, 7) is 3.88. The van der Waals surface area contributed by atoms with Crippen molar-refractivity contribution < 1.29 is 0 Å². The fourth-order valence-corrected chi connectivity index (χ4v) is 3.03. The summed E-state index contributed by atoms with van der Waals surface area (Å²) in [5.74, 6) is 0.612. The fourth-order valence-electron chi connectivity index (χ4n) is 1.70. The summed E-state index contributed by atoms with van der Waals surface area (Å²) in [7, 11) is 0. The van der Waals surface area contributed by atoms with Gasteiger partial charge in [-0.2, -0.15) is 0 Å². The molecule has 0 unspecified atom stereocenters. The predicted octanol–water partition coefficient (Wildman–Crippen LogP) is 2.68. The second kappa shape index (κ2) is 5.71. The summed E-state index contributed by atoms with van der Waals surface area (Å²) in [5, 5.41) is 7.79. The van der Waals surface area contributed by atoms with Crippen molar-refractivity contribution in [2.24, 2.45) is 0 Å². The lowest BCUT2D eigenvalue weighted by molar-refractivity contribution is 0.534. The molecular weight excluding hydrogens is 284 g/mol. The molecule has 2 aromatic rings. The van der Waals surface area contributed by atoms with Crippen LogP contribution < -0.4 is 11.4 Å². The van der Waals surface area contributed by atoms with E-state index in [1.54, 1.807) is 16.7 Å². The van der Waals surface area contributed by atoms with Gasteiger partial charge in [0.05, 0.1) is 0 Å². The van der Waals surface area contributed by atoms with Crippen LogP contribution in [0.2, 0.25) is 5.02 Å². The number of nitrogen functional groups attached to an aromatic ring is 1. The van der Waals surface area contributed by atoms with Crippen molar-refractivity contribution in [3.05, 3.63) is 39.3 Å². The molecule has 0 fully saturated rings. The van der Waals surface area contributed by atoms with Crippen molar-refractivity contribution in [1.82, 2.24) is 14.8 Å². The molecule has 0 aliphatic rings. The van der Waals surface area contributed by atoms with E-state index in [-0.39, 0.29) is 11.7 Å². The first-order chi connectivity index (χ1) is 8.99. The molecule has 7 heteroatoms. The summed E-state index contributed by atoms with van der Waals surface area (Å²) < 4.78 is 1.62. The van der Waals surface area contributed by atoms with Gasteiger partial charge in [0.15, 0.2) is 5.16 Å². The first kappa shape index (κ1) is 14.0. The number of aromatic nitrogens is 3. The molecule has 0 spiro atoms. The van der Waals surface area contributed by atoms with Gasteiger partial charge in [-0.25, -0.2) is 9.89 Å². The molecule has 3 N–H and O–H groups in total. The van der Waals surface area contributed by atoms with Gasteiger partial charge in [-0.05, 0) is 37.6 Å². The van der Waals surface area contributed by atoms with Crippen LogP contribution >= 0.6 is 23.4 Å². The Hall–Kier alpha value is -1.40. The van der Waals surface area contributed by atoms with E-state index < -0.39 is 0 Å².